The van der Waals surface area contributed by atoms with Gasteiger partial charge in [-0.25, -0.2) is 4.79 Å². The van der Waals surface area contributed by atoms with Gasteiger partial charge in [0.25, 0.3) is 0 Å². The molecule has 2 aromatic rings. The van der Waals surface area contributed by atoms with E-state index in [-0.39, 0.29) is 36.2 Å². The summed E-state index contributed by atoms with van der Waals surface area (Å²) < 4.78 is 10.6. The van der Waals surface area contributed by atoms with Crippen LogP contribution in [0.5, 0.6) is 0 Å². The van der Waals surface area contributed by atoms with Crippen molar-refractivity contribution in [1.29, 1.82) is 0 Å². The number of hydroxylamine groups is 1. The minimum Gasteiger partial charge on any atom is -0.466 e. The second-order valence-electron chi connectivity index (χ2n) is 11.1. The third-order valence-corrected chi connectivity index (χ3v) is 7.60. The number of carbonyl (C=O) groups is 3. The van der Waals surface area contributed by atoms with Crippen molar-refractivity contribution in [2.45, 2.75) is 78.2 Å². The summed E-state index contributed by atoms with van der Waals surface area (Å²) in [6, 6.07) is 15.6. The minimum absolute atomic E-state index is 0.103. The first-order valence-electron chi connectivity index (χ1n) is 14.1. The Bertz CT molecular complexity index is 1180. The predicted octanol–water partition coefficient (Wildman–Crippen LogP) is 4.86. The molecule has 0 aromatic heterocycles. The van der Waals surface area contributed by atoms with Crippen LogP contribution >= 0.6 is 0 Å². The maximum Gasteiger partial charge on any atom is 0.410 e. The molecule has 9 nitrogen and oxygen atoms in total. The molecule has 40 heavy (non-hydrogen) atoms. The highest BCUT2D eigenvalue weighted by Gasteiger charge is 2.34. The van der Waals surface area contributed by atoms with E-state index in [4.69, 9.17) is 14.3 Å². The highest BCUT2D eigenvalue weighted by molar-refractivity contribution is 5.89. The van der Waals surface area contributed by atoms with Gasteiger partial charge >= 0.3 is 12.1 Å². The van der Waals surface area contributed by atoms with Gasteiger partial charge in [0.05, 0.1) is 24.8 Å². The van der Waals surface area contributed by atoms with E-state index in [1.165, 1.54) is 17.6 Å². The van der Waals surface area contributed by atoms with Gasteiger partial charge in [0, 0.05) is 38.6 Å². The fourth-order valence-electron chi connectivity index (χ4n) is 5.32. The Morgan fingerprint density at radius 2 is 1.73 bits per heavy atom. The zero-order valence-electron chi connectivity index (χ0n) is 24.1. The first-order valence-corrected chi connectivity index (χ1v) is 14.1. The molecule has 216 valence electrons. The van der Waals surface area contributed by atoms with Gasteiger partial charge in [-0.1, -0.05) is 36.4 Å². The molecule has 0 aliphatic carbocycles. The van der Waals surface area contributed by atoms with Crippen LogP contribution in [0.4, 0.5) is 10.5 Å². The van der Waals surface area contributed by atoms with Gasteiger partial charge in [-0.2, -0.15) is 5.06 Å². The largest absolute Gasteiger partial charge is 0.466 e. The second kappa shape index (κ2) is 13.3. The number of anilines is 1. The average Bonchev–Trinajstić information content (AvgIpc) is 2.94. The van der Waals surface area contributed by atoms with E-state index in [1.807, 2.05) is 49.4 Å². The Morgan fingerprint density at radius 3 is 2.40 bits per heavy atom. The standard InChI is InChI=1S/C31H41N3O6/c1-5-38-29(36)15-18-33-21-26-19-27(12-11-25(26)20-31(33,3)4)34(23(2)35)40-28-13-16-32(17-14-28)30(37)39-22-24-9-7-6-8-10-24/h6-12,19,28H,5,13-18,20-22H2,1-4H3. The number of hydrogen-bond acceptors (Lipinski definition) is 7. The maximum atomic E-state index is 12.6. The first-order chi connectivity index (χ1) is 19.2. The van der Waals surface area contributed by atoms with Gasteiger partial charge < -0.3 is 14.4 Å². The van der Waals surface area contributed by atoms with Gasteiger partial charge in [-0.15, -0.1) is 0 Å². The quantitative estimate of drug-likeness (QED) is 0.325. The van der Waals surface area contributed by atoms with Gasteiger partial charge in [-0.3, -0.25) is 19.3 Å². The summed E-state index contributed by atoms with van der Waals surface area (Å²) in [6.07, 6.45) is 1.85. The molecule has 2 aromatic carbocycles. The highest BCUT2D eigenvalue weighted by Crippen LogP contribution is 2.33. The van der Waals surface area contributed by atoms with Gasteiger partial charge in [0.15, 0.2) is 0 Å². The van der Waals surface area contributed by atoms with Gasteiger partial charge in [0.2, 0.25) is 5.91 Å². The van der Waals surface area contributed by atoms with E-state index in [2.05, 4.69) is 24.8 Å². The average molecular weight is 552 g/mol. The van der Waals surface area contributed by atoms with E-state index in [1.54, 1.807) is 4.90 Å². The van der Waals surface area contributed by atoms with Crippen molar-refractivity contribution in [3.8, 4) is 0 Å². The van der Waals surface area contributed by atoms with Crippen LogP contribution in [0.2, 0.25) is 0 Å². The van der Waals surface area contributed by atoms with Crippen molar-refractivity contribution >= 4 is 23.7 Å². The molecule has 1 saturated heterocycles. The van der Waals surface area contributed by atoms with Crippen LogP contribution in [0.25, 0.3) is 0 Å². The van der Waals surface area contributed by atoms with E-state index in [0.717, 1.165) is 17.5 Å². The second-order valence-corrected chi connectivity index (χ2v) is 11.1. The van der Waals surface area contributed by atoms with Crippen molar-refractivity contribution in [1.82, 2.24) is 9.80 Å². The molecule has 2 heterocycles. The van der Waals surface area contributed by atoms with Crippen molar-refractivity contribution in [2.75, 3.05) is 31.3 Å². The number of ether oxygens (including phenoxy) is 2. The minimum atomic E-state index is -0.337. The maximum absolute atomic E-state index is 12.6. The third kappa shape index (κ3) is 7.61. The van der Waals surface area contributed by atoms with Gasteiger partial charge in [-0.05, 0) is 68.9 Å². The van der Waals surface area contributed by atoms with Crippen LogP contribution in [0, 0.1) is 0 Å². The Kier molecular flexibility index (Phi) is 9.81. The van der Waals surface area contributed by atoms with E-state index in [0.29, 0.717) is 57.7 Å². The van der Waals surface area contributed by atoms with Crippen molar-refractivity contribution in [2.24, 2.45) is 0 Å². The zero-order chi connectivity index (χ0) is 28.7. The lowest BCUT2D eigenvalue weighted by Crippen LogP contribution is -2.49. The summed E-state index contributed by atoms with van der Waals surface area (Å²) in [4.78, 5) is 47.3. The number of piperidine rings is 1. The van der Waals surface area contributed by atoms with Crippen LogP contribution in [0.15, 0.2) is 48.5 Å². The fourth-order valence-corrected chi connectivity index (χ4v) is 5.32. The Labute approximate surface area is 236 Å². The molecule has 4 rings (SSSR count). The molecule has 1 fully saturated rings. The SMILES string of the molecule is CCOC(=O)CCN1Cc2cc(N(OC3CCN(C(=O)OCc4ccccc4)CC3)C(C)=O)ccc2CC1(C)C. The molecule has 0 saturated carbocycles. The fraction of sp³-hybridized carbons (Fsp3) is 0.516. The molecule has 0 bridgehead atoms. The number of hydrogen-bond donors (Lipinski definition) is 0. The number of rotatable bonds is 9. The molecule has 2 amide bonds. The lowest BCUT2D eigenvalue weighted by atomic mass is 9.85. The zero-order valence-corrected chi connectivity index (χ0v) is 24.1. The molecule has 0 spiro atoms. The number of fused-ring (bicyclic) bond motifs is 1. The summed E-state index contributed by atoms with van der Waals surface area (Å²) in [5.41, 5.74) is 3.87. The van der Waals surface area contributed by atoms with Crippen molar-refractivity contribution in [3.63, 3.8) is 0 Å². The number of benzene rings is 2. The van der Waals surface area contributed by atoms with Crippen molar-refractivity contribution in [3.05, 3.63) is 65.2 Å². The summed E-state index contributed by atoms with van der Waals surface area (Å²) >= 11 is 0. The molecule has 0 atom stereocenters. The van der Waals surface area contributed by atoms with Crippen LogP contribution in [-0.2, 0) is 43.5 Å². The van der Waals surface area contributed by atoms with E-state index >= 15 is 0 Å². The first kappa shape index (κ1) is 29.6. The predicted molar refractivity (Wildman–Crippen MR) is 151 cm³/mol. The molecular weight excluding hydrogens is 510 g/mol. The van der Waals surface area contributed by atoms with E-state index < -0.39 is 0 Å². The molecule has 0 N–H and O–H groups in total. The molecule has 2 aliphatic rings. The summed E-state index contributed by atoms with van der Waals surface area (Å²) in [6.45, 7) is 10.6. The molecule has 9 heteroatoms. The summed E-state index contributed by atoms with van der Waals surface area (Å²) in [5, 5.41) is 1.37. The van der Waals surface area contributed by atoms with Gasteiger partial charge in [0.1, 0.15) is 6.61 Å². The van der Waals surface area contributed by atoms with Crippen LogP contribution < -0.4 is 5.06 Å². The number of carbonyl (C=O) groups excluding carboxylic acids is 3. The Morgan fingerprint density at radius 1 is 1.00 bits per heavy atom. The van der Waals surface area contributed by atoms with Crippen LogP contribution in [0.3, 0.4) is 0 Å². The third-order valence-electron chi connectivity index (χ3n) is 7.60. The summed E-state index contributed by atoms with van der Waals surface area (Å²) in [7, 11) is 0. The monoisotopic (exact) mass is 551 g/mol. The Hall–Kier alpha value is -3.43. The lowest BCUT2D eigenvalue weighted by Gasteiger charge is -2.43. The van der Waals surface area contributed by atoms with E-state index in [9.17, 15) is 14.4 Å². The Balaban J connectivity index is 1.35. The van der Waals surface area contributed by atoms with Crippen molar-refractivity contribution < 1.29 is 28.7 Å². The topological polar surface area (TPSA) is 88.6 Å². The highest BCUT2D eigenvalue weighted by atomic mass is 16.7. The molecular formula is C31H41N3O6. The number of nitrogens with zero attached hydrogens (tertiary/aromatic N) is 3. The molecule has 2 aliphatic heterocycles. The summed E-state index contributed by atoms with van der Waals surface area (Å²) in [5.74, 6) is -0.399. The molecule has 0 radical (unpaired) electrons. The number of esters is 1. The number of amides is 2. The van der Waals surface area contributed by atoms with Crippen LogP contribution in [-0.4, -0.2) is 65.7 Å². The van der Waals surface area contributed by atoms with Crippen LogP contribution in [0.1, 0.15) is 63.6 Å². The molecule has 0 unspecified atom stereocenters. The smallest absolute Gasteiger partial charge is 0.410 e. The number of likely N-dealkylation sites (tertiary alicyclic amines) is 1. The normalized spacial score (nSPS) is 17.1. The lowest BCUT2D eigenvalue weighted by molar-refractivity contribution is -0.143.